The van der Waals surface area contributed by atoms with E-state index in [1.54, 1.807) is 43.7 Å². The van der Waals surface area contributed by atoms with Crippen molar-refractivity contribution in [3.05, 3.63) is 99.3 Å². The first-order valence-corrected chi connectivity index (χ1v) is 11.4. The van der Waals surface area contributed by atoms with Crippen LogP contribution in [0, 0.1) is 12.3 Å². The summed E-state index contributed by atoms with van der Waals surface area (Å²) < 4.78 is 1.44. The highest BCUT2D eigenvalue weighted by atomic mass is 35.5. The zero-order chi connectivity index (χ0) is 24.8. The van der Waals surface area contributed by atoms with Gasteiger partial charge in [-0.2, -0.15) is 0 Å². The van der Waals surface area contributed by atoms with Crippen molar-refractivity contribution in [2.24, 2.45) is 7.05 Å². The van der Waals surface area contributed by atoms with E-state index in [4.69, 9.17) is 18.0 Å². The van der Waals surface area contributed by atoms with Gasteiger partial charge in [-0.15, -0.1) is 12.3 Å². The number of aromatic nitrogens is 3. The van der Waals surface area contributed by atoms with Crippen molar-refractivity contribution in [1.82, 2.24) is 19.9 Å². The number of hydrogen-bond acceptors (Lipinski definition) is 5. The van der Waals surface area contributed by atoms with Crippen molar-refractivity contribution in [3.8, 4) is 12.3 Å². The van der Waals surface area contributed by atoms with Crippen molar-refractivity contribution in [3.63, 3.8) is 0 Å². The summed E-state index contributed by atoms with van der Waals surface area (Å²) >= 11 is 6.54. The van der Waals surface area contributed by atoms with Gasteiger partial charge in [0.05, 0.1) is 17.2 Å². The zero-order valence-corrected chi connectivity index (χ0v) is 20.0. The lowest BCUT2D eigenvalue weighted by Crippen LogP contribution is -2.25. The monoisotopic (exact) mass is 485 g/mol. The summed E-state index contributed by atoms with van der Waals surface area (Å²) in [6.45, 7) is 1.43. The summed E-state index contributed by atoms with van der Waals surface area (Å²) in [5.41, 5.74) is 3.57. The topological polar surface area (TPSA) is 80.1 Å². The molecule has 0 aliphatic rings. The van der Waals surface area contributed by atoms with E-state index < -0.39 is 0 Å². The Morgan fingerprint density at radius 2 is 2.03 bits per heavy atom. The van der Waals surface area contributed by atoms with E-state index in [0.29, 0.717) is 47.5 Å². The fourth-order valence-corrected chi connectivity index (χ4v) is 3.93. The van der Waals surface area contributed by atoms with Crippen LogP contribution in [-0.2, 0) is 20.1 Å². The molecule has 176 valence electrons. The van der Waals surface area contributed by atoms with Crippen molar-refractivity contribution in [2.45, 2.75) is 19.5 Å². The third-order valence-electron chi connectivity index (χ3n) is 5.64. The number of amides is 1. The molecule has 0 spiro atoms. The van der Waals surface area contributed by atoms with Crippen molar-refractivity contribution in [1.29, 1.82) is 0 Å². The minimum atomic E-state index is -0.170. The molecule has 1 N–H and O–H groups in total. The van der Waals surface area contributed by atoms with E-state index in [0.717, 1.165) is 16.8 Å². The number of nitrogens with zero attached hydrogens (tertiary/aromatic N) is 4. The second-order valence-corrected chi connectivity index (χ2v) is 8.50. The van der Waals surface area contributed by atoms with E-state index in [1.165, 1.54) is 10.9 Å². The summed E-state index contributed by atoms with van der Waals surface area (Å²) in [5, 5.41) is 3.93. The molecule has 2 aromatic carbocycles. The first-order valence-electron chi connectivity index (χ1n) is 11.1. The SMILES string of the molecule is C#CCCN(Cc1cc2c(=O)n(C)cnc2cc1Cl)c1ccc(C(=O)NCc2cccnc2)cc1. The second-order valence-electron chi connectivity index (χ2n) is 8.09. The number of carbonyl (C=O) groups excluding carboxylic acids is 1. The normalized spacial score (nSPS) is 10.7. The minimum absolute atomic E-state index is 0.134. The Hall–Kier alpha value is -4.15. The summed E-state index contributed by atoms with van der Waals surface area (Å²) in [4.78, 5) is 35.5. The number of aryl methyl sites for hydroxylation is 1. The van der Waals surface area contributed by atoms with Crippen LogP contribution in [0.5, 0.6) is 0 Å². The quantitative estimate of drug-likeness (QED) is 0.382. The van der Waals surface area contributed by atoms with Crippen LogP contribution < -0.4 is 15.8 Å². The number of benzene rings is 2. The standard InChI is InChI=1S/C27H24ClN5O2/c1-3-4-12-33(17-21-13-23-25(14-24(21)28)31-18-32(2)27(23)35)22-9-7-20(8-10-22)26(34)30-16-19-6-5-11-29-15-19/h1,5-11,13-15,18H,4,12,16-17H2,2H3,(H,30,34). The van der Waals surface area contributed by atoms with Gasteiger partial charge in [-0.05, 0) is 53.6 Å². The van der Waals surface area contributed by atoms with Crippen molar-refractivity contribution < 1.29 is 4.79 Å². The van der Waals surface area contributed by atoms with Gasteiger partial charge in [-0.25, -0.2) is 4.98 Å². The fourth-order valence-electron chi connectivity index (χ4n) is 3.71. The number of carbonyl (C=O) groups is 1. The van der Waals surface area contributed by atoms with Gasteiger partial charge < -0.3 is 14.8 Å². The molecule has 2 aromatic heterocycles. The molecule has 8 heteroatoms. The number of halogens is 1. The van der Waals surface area contributed by atoms with Gasteiger partial charge in [0.15, 0.2) is 0 Å². The predicted octanol–water partition coefficient (Wildman–Crippen LogP) is 3.94. The number of rotatable bonds is 8. The Kier molecular flexibility index (Phi) is 7.44. The molecule has 35 heavy (non-hydrogen) atoms. The Morgan fingerprint density at radius 3 is 2.74 bits per heavy atom. The Balaban J connectivity index is 1.54. The molecule has 4 aromatic rings. The average Bonchev–Trinajstić information content (AvgIpc) is 2.88. The molecule has 2 heterocycles. The molecule has 0 radical (unpaired) electrons. The average molecular weight is 486 g/mol. The largest absolute Gasteiger partial charge is 0.366 e. The summed E-state index contributed by atoms with van der Waals surface area (Å²) in [6.07, 6.45) is 10.9. The lowest BCUT2D eigenvalue weighted by Gasteiger charge is -2.25. The van der Waals surface area contributed by atoms with Crippen LogP contribution in [0.2, 0.25) is 5.02 Å². The highest BCUT2D eigenvalue weighted by Gasteiger charge is 2.14. The maximum atomic E-state index is 12.6. The molecule has 0 atom stereocenters. The van der Waals surface area contributed by atoms with Crippen LogP contribution in [0.15, 0.2) is 72.0 Å². The summed E-state index contributed by atoms with van der Waals surface area (Å²) in [6, 6.07) is 14.5. The lowest BCUT2D eigenvalue weighted by atomic mass is 10.1. The third-order valence-corrected chi connectivity index (χ3v) is 6.00. The van der Waals surface area contributed by atoms with Crippen LogP contribution >= 0.6 is 11.6 Å². The molecule has 1 amide bonds. The highest BCUT2D eigenvalue weighted by molar-refractivity contribution is 6.32. The van der Waals surface area contributed by atoms with Crippen LogP contribution in [0.3, 0.4) is 0 Å². The Morgan fingerprint density at radius 1 is 1.23 bits per heavy atom. The van der Waals surface area contributed by atoms with Crippen LogP contribution in [0.25, 0.3) is 10.9 Å². The van der Waals surface area contributed by atoms with Crippen molar-refractivity contribution >= 4 is 34.1 Å². The van der Waals surface area contributed by atoms with Gasteiger partial charge in [0.2, 0.25) is 0 Å². The molecule has 0 fully saturated rings. The molecule has 0 unspecified atom stereocenters. The number of terminal acetylenes is 1. The molecule has 0 saturated carbocycles. The Labute approximate surface area is 208 Å². The molecular formula is C27H24ClN5O2. The van der Waals surface area contributed by atoms with Gasteiger partial charge >= 0.3 is 0 Å². The summed E-state index contributed by atoms with van der Waals surface area (Å²) in [7, 11) is 1.66. The minimum Gasteiger partial charge on any atom is -0.366 e. The lowest BCUT2D eigenvalue weighted by molar-refractivity contribution is 0.0951. The van der Waals surface area contributed by atoms with Gasteiger partial charge in [0, 0.05) is 61.8 Å². The van der Waals surface area contributed by atoms with Crippen LogP contribution in [0.1, 0.15) is 27.9 Å². The zero-order valence-electron chi connectivity index (χ0n) is 19.2. The van der Waals surface area contributed by atoms with E-state index in [9.17, 15) is 9.59 Å². The van der Waals surface area contributed by atoms with E-state index in [1.807, 2.05) is 24.3 Å². The number of fused-ring (bicyclic) bond motifs is 1. The summed E-state index contributed by atoms with van der Waals surface area (Å²) in [5.74, 6) is 2.50. The van der Waals surface area contributed by atoms with Gasteiger partial charge in [0.1, 0.15) is 0 Å². The number of hydrogen-bond donors (Lipinski definition) is 1. The highest BCUT2D eigenvalue weighted by Crippen LogP contribution is 2.25. The van der Waals surface area contributed by atoms with E-state index >= 15 is 0 Å². The smallest absolute Gasteiger partial charge is 0.260 e. The maximum Gasteiger partial charge on any atom is 0.260 e. The Bertz CT molecular complexity index is 1440. The van der Waals surface area contributed by atoms with Crippen molar-refractivity contribution in [2.75, 3.05) is 11.4 Å². The van der Waals surface area contributed by atoms with Crippen LogP contribution in [0.4, 0.5) is 5.69 Å². The molecule has 0 bridgehead atoms. The first kappa shape index (κ1) is 24.0. The molecule has 0 saturated heterocycles. The van der Waals surface area contributed by atoms with Gasteiger partial charge in [0.25, 0.3) is 11.5 Å². The van der Waals surface area contributed by atoms with Gasteiger partial charge in [-0.3, -0.25) is 14.6 Å². The third kappa shape index (κ3) is 5.68. The second kappa shape index (κ2) is 10.9. The van der Waals surface area contributed by atoms with E-state index in [-0.39, 0.29) is 11.5 Å². The molecule has 0 aliphatic carbocycles. The van der Waals surface area contributed by atoms with E-state index in [2.05, 4.69) is 26.1 Å². The molecule has 0 aliphatic heterocycles. The number of nitrogens with one attached hydrogen (secondary N) is 1. The fraction of sp³-hybridized carbons (Fsp3) is 0.185. The molecule has 4 rings (SSSR count). The predicted molar refractivity (Wildman–Crippen MR) is 138 cm³/mol. The maximum absolute atomic E-state index is 12.6. The number of anilines is 1. The van der Waals surface area contributed by atoms with Gasteiger partial charge in [-0.1, -0.05) is 17.7 Å². The molecular weight excluding hydrogens is 462 g/mol. The molecule has 7 nitrogen and oxygen atoms in total. The first-order chi connectivity index (χ1) is 17.0. The number of pyridine rings is 1. The van der Waals surface area contributed by atoms with Crippen LogP contribution in [-0.4, -0.2) is 27.0 Å².